The number of benzene rings is 1. The van der Waals surface area contributed by atoms with E-state index in [1.165, 1.54) is 10.5 Å². The highest BCUT2D eigenvalue weighted by molar-refractivity contribution is 5.75. The molecule has 2 amide bonds. The number of carboxylic acids is 1. The van der Waals surface area contributed by atoms with Crippen molar-refractivity contribution >= 4 is 12.0 Å². The fourth-order valence-corrected chi connectivity index (χ4v) is 2.87. The van der Waals surface area contributed by atoms with Crippen LogP contribution in [0.25, 0.3) is 0 Å². The number of carbonyl (C=O) groups is 2. The minimum atomic E-state index is -0.908. The molecule has 0 atom stereocenters. The van der Waals surface area contributed by atoms with Gasteiger partial charge >= 0.3 is 12.0 Å². The lowest BCUT2D eigenvalue weighted by Gasteiger charge is -2.38. The number of nitrogens with one attached hydrogen (secondary N) is 1. The van der Waals surface area contributed by atoms with Crippen molar-refractivity contribution in [1.29, 1.82) is 0 Å². The number of amides is 2. The van der Waals surface area contributed by atoms with Gasteiger partial charge in [-0.15, -0.1) is 0 Å². The molecule has 1 saturated heterocycles. The number of nitrogens with zero attached hydrogens (tertiary/aromatic N) is 1. The molecule has 0 bridgehead atoms. The minimum Gasteiger partial charge on any atom is -0.481 e. The maximum absolute atomic E-state index is 12.2. The second-order valence-electron chi connectivity index (χ2n) is 5.98. The average Bonchev–Trinajstić information content (AvgIpc) is 2.59. The maximum Gasteiger partial charge on any atom is 0.317 e. The van der Waals surface area contributed by atoms with Crippen molar-refractivity contribution in [3.8, 4) is 0 Å². The van der Waals surface area contributed by atoms with Gasteiger partial charge in [-0.2, -0.15) is 0 Å². The predicted octanol–water partition coefficient (Wildman–Crippen LogP) is 1.85. The number of hydrogen-bond donors (Lipinski definition) is 2. The first-order valence-electron chi connectivity index (χ1n) is 7.87. The molecule has 0 spiro atoms. The van der Waals surface area contributed by atoms with Gasteiger partial charge in [0.05, 0.1) is 6.42 Å². The number of carbonyl (C=O) groups excluding carboxylic acids is 1. The molecule has 1 aromatic rings. The van der Waals surface area contributed by atoms with E-state index in [9.17, 15) is 9.59 Å². The third-order valence-electron chi connectivity index (χ3n) is 4.42. The van der Waals surface area contributed by atoms with Crippen molar-refractivity contribution in [2.24, 2.45) is 0 Å². The van der Waals surface area contributed by atoms with Gasteiger partial charge in [0.15, 0.2) is 0 Å². The topological polar surface area (TPSA) is 78.9 Å². The lowest BCUT2D eigenvalue weighted by molar-refractivity contribution is -0.137. The van der Waals surface area contributed by atoms with Crippen LogP contribution in [0.4, 0.5) is 4.79 Å². The Morgan fingerprint density at radius 2 is 1.91 bits per heavy atom. The predicted molar refractivity (Wildman–Crippen MR) is 86.5 cm³/mol. The lowest BCUT2D eigenvalue weighted by Crippen LogP contribution is -2.48. The SMILES string of the molecule is CN(CCC(=O)O)C(=O)NCC1(c2ccccc2)CCOCC1. The highest BCUT2D eigenvalue weighted by Gasteiger charge is 2.34. The molecule has 1 aliphatic heterocycles. The second-order valence-corrected chi connectivity index (χ2v) is 5.98. The molecule has 2 N–H and O–H groups in total. The Balaban J connectivity index is 1.99. The van der Waals surface area contributed by atoms with Gasteiger partial charge in [0.1, 0.15) is 0 Å². The van der Waals surface area contributed by atoms with Crippen LogP contribution >= 0.6 is 0 Å². The summed E-state index contributed by atoms with van der Waals surface area (Å²) in [6.45, 7) is 2.08. The van der Waals surface area contributed by atoms with Crippen molar-refractivity contribution < 1.29 is 19.4 Å². The first-order chi connectivity index (χ1) is 11.0. The fraction of sp³-hybridized carbons (Fsp3) is 0.529. The van der Waals surface area contributed by atoms with Gasteiger partial charge in [0.2, 0.25) is 0 Å². The van der Waals surface area contributed by atoms with Crippen molar-refractivity contribution in [2.75, 3.05) is 33.4 Å². The molecular formula is C17H24N2O4. The van der Waals surface area contributed by atoms with Crippen LogP contribution in [-0.4, -0.2) is 55.4 Å². The summed E-state index contributed by atoms with van der Waals surface area (Å²) < 4.78 is 5.48. The van der Waals surface area contributed by atoms with Crippen LogP contribution in [0.3, 0.4) is 0 Å². The summed E-state index contributed by atoms with van der Waals surface area (Å²) in [4.78, 5) is 24.2. The number of carboxylic acid groups (broad SMARTS) is 1. The first-order valence-corrected chi connectivity index (χ1v) is 7.87. The van der Waals surface area contributed by atoms with Crippen molar-refractivity contribution in [3.63, 3.8) is 0 Å². The van der Waals surface area contributed by atoms with Crippen molar-refractivity contribution in [1.82, 2.24) is 10.2 Å². The molecule has 1 fully saturated rings. The van der Waals surface area contributed by atoms with E-state index >= 15 is 0 Å². The Hall–Kier alpha value is -2.08. The molecule has 1 aliphatic rings. The van der Waals surface area contributed by atoms with Crippen LogP contribution in [0.1, 0.15) is 24.8 Å². The summed E-state index contributed by atoms with van der Waals surface area (Å²) in [7, 11) is 1.61. The Morgan fingerprint density at radius 3 is 2.52 bits per heavy atom. The number of ether oxygens (including phenoxy) is 1. The van der Waals surface area contributed by atoms with Crippen LogP contribution in [-0.2, 0) is 14.9 Å². The average molecular weight is 320 g/mol. The standard InChI is InChI=1S/C17H24N2O4/c1-19(10-7-15(20)21)16(22)18-13-17(8-11-23-12-9-17)14-5-3-2-4-6-14/h2-6H,7-13H2,1H3,(H,18,22)(H,20,21). The molecule has 2 rings (SSSR count). The summed E-state index contributed by atoms with van der Waals surface area (Å²) in [5, 5.41) is 11.6. The van der Waals surface area contributed by atoms with Gasteiger partial charge in [0.25, 0.3) is 0 Å². The summed E-state index contributed by atoms with van der Waals surface area (Å²) in [6, 6.07) is 9.93. The van der Waals surface area contributed by atoms with E-state index in [2.05, 4.69) is 17.4 Å². The number of hydrogen-bond acceptors (Lipinski definition) is 3. The smallest absolute Gasteiger partial charge is 0.317 e. The summed E-state index contributed by atoms with van der Waals surface area (Å²) in [5.41, 5.74) is 1.08. The summed E-state index contributed by atoms with van der Waals surface area (Å²) in [6.07, 6.45) is 1.66. The molecule has 1 aromatic carbocycles. The van der Waals surface area contributed by atoms with Gasteiger partial charge in [-0.05, 0) is 18.4 Å². The number of aliphatic carboxylic acids is 1. The third kappa shape index (κ3) is 4.69. The van der Waals surface area contributed by atoms with Crippen molar-refractivity contribution in [3.05, 3.63) is 35.9 Å². The van der Waals surface area contributed by atoms with Crippen LogP contribution in [0.2, 0.25) is 0 Å². The number of rotatable bonds is 6. The molecule has 0 radical (unpaired) electrons. The van der Waals surface area contributed by atoms with Gasteiger partial charge < -0.3 is 20.1 Å². The van der Waals surface area contributed by atoms with Crippen LogP contribution < -0.4 is 5.32 Å². The molecule has 126 valence electrons. The molecule has 6 heteroatoms. The van der Waals surface area contributed by atoms with Crippen LogP contribution in [0, 0.1) is 0 Å². The molecule has 0 aromatic heterocycles. The zero-order valence-corrected chi connectivity index (χ0v) is 13.5. The van der Waals surface area contributed by atoms with Gasteiger partial charge in [-0.1, -0.05) is 30.3 Å². The molecule has 0 unspecified atom stereocenters. The van der Waals surface area contributed by atoms with E-state index in [1.807, 2.05) is 18.2 Å². The highest BCUT2D eigenvalue weighted by atomic mass is 16.5. The van der Waals surface area contributed by atoms with Crippen LogP contribution in [0.15, 0.2) is 30.3 Å². The Kier molecular flexibility index (Phi) is 5.98. The fourth-order valence-electron chi connectivity index (χ4n) is 2.87. The first kappa shape index (κ1) is 17.3. The Morgan fingerprint density at radius 1 is 1.26 bits per heavy atom. The Bertz CT molecular complexity index is 527. The van der Waals surface area contributed by atoms with E-state index < -0.39 is 5.97 Å². The zero-order valence-electron chi connectivity index (χ0n) is 13.5. The molecule has 0 aliphatic carbocycles. The highest BCUT2D eigenvalue weighted by Crippen LogP contribution is 2.34. The quantitative estimate of drug-likeness (QED) is 0.838. The molecule has 0 saturated carbocycles. The minimum absolute atomic E-state index is 0.0540. The van der Waals surface area contributed by atoms with E-state index in [-0.39, 0.29) is 24.4 Å². The normalized spacial score (nSPS) is 16.6. The monoisotopic (exact) mass is 320 g/mol. The van der Waals surface area contributed by atoms with E-state index in [0.717, 1.165) is 12.8 Å². The third-order valence-corrected chi connectivity index (χ3v) is 4.42. The second kappa shape index (κ2) is 7.97. The van der Waals surface area contributed by atoms with Gasteiger partial charge in [-0.3, -0.25) is 4.79 Å². The largest absolute Gasteiger partial charge is 0.481 e. The van der Waals surface area contributed by atoms with Gasteiger partial charge in [-0.25, -0.2) is 4.79 Å². The molecule has 6 nitrogen and oxygen atoms in total. The summed E-state index contributed by atoms with van der Waals surface area (Å²) in [5.74, 6) is -0.908. The zero-order chi connectivity index (χ0) is 16.7. The Labute approximate surface area is 136 Å². The molecule has 23 heavy (non-hydrogen) atoms. The summed E-state index contributed by atoms with van der Waals surface area (Å²) >= 11 is 0. The van der Waals surface area contributed by atoms with Gasteiger partial charge in [0, 0.05) is 38.8 Å². The van der Waals surface area contributed by atoms with E-state index in [4.69, 9.17) is 9.84 Å². The van der Waals surface area contributed by atoms with Crippen molar-refractivity contribution in [2.45, 2.75) is 24.7 Å². The van der Waals surface area contributed by atoms with Crippen LogP contribution in [0.5, 0.6) is 0 Å². The maximum atomic E-state index is 12.2. The van der Waals surface area contributed by atoms with E-state index in [1.54, 1.807) is 7.05 Å². The molecular weight excluding hydrogens is 296 g/mol. The van der Waals surface area contributed by atoms with E-state index in [0.29, 0.717) is 19.8 Å². The molecule has 1 heterocycles. The number of urea groups is 1. The lowest BCUT2D eigenvalue weighted by atomic mass is 9.74.